The third-order valence-electron chi connectivity index (χ3n) is 1.23. The van der Waals surface area contributed by atoms with Gasteiger partial charge in [-0.25, -0.2) is 8.78 Å². The lowest BCUT2D eigenvalue weighted by atomic mass is 10.1. The van der Waals surface area contributed by atoms with E-state index in [4.69, 9.17) is 0 Å². The fraction of sp³-hybridized carbons (Fsp3) is 0. The highest BCUT2D eigenvalue weighted by Gasteiger charge is 2.06. The summed E-state index contributed by atoms with van der Waals surface area (Å²) in [6.45, 7) is 3.00. The Morgan fingerprint density at radius 1 is 1.36 bits per heavy atom. The third-order valence-corrected chi connectivity index (χ3v) is 1.23. The van der Waals surface area contributed by atoms with Crippen molar-refractivity contribution < 1.29 is 13.6 Å². The Bertz CT molecular complexity index is 294. The first-order chi connectivity index (χ1) is 5.11. The molecule has 0 aliphatic carbocycles. The summed E-state index contributed by atoms with van der Waals surface area (Å²) < 4.78 is 24.8. The fourth-order valence-corrected chi connectivity index (χ4v) is 0.716. The van der Waals surface area contributed by atoms with Crippen LogP contribution in [0.1, 0.15) is 10.4 Å². The average molecular weight is 155 g/mol. The standard InChI is InChI=1S/C8H5F2O/c1-5(11)7-3-2-6(9)4-8(7)10/h2-4H,1H2. The number of rotatable bonds is 1. The second-order valence-corrected chi connectivity index (χ2v) is 2.05. The molecule has 0 spiro atoms. The number of benzene rings is 1. The van der Waals surface area contributed by atoms with Crippen molar-refractivity contribution in [2.45, 2.75) is 0 Å². The summed E-state index contributed by atoms with van der Waals surface area (Å²) in [4.78, 5) is 10.5. The van der Waals surface area contributed by atoms with E-state index in [9.17, 15) is 13.6 Å². The Labute approximate surface area is 62.7 Å². The first-order valence-corrected chi connectivity index (χ1v) is 2.92. The molecule has 1 aromatic rings. The van der Waals surface area contributed by atoms with Gasteiger partial charge in [0.2, 0.25) is 0 Å². The highest BCUT2D eigenvalue weighted by atomic mass is 19.1. The largest absolute Gasteiger partial charge is 0.294 e. The second-order valence-electron chi connectivity index (χ2n) is 2.05. The maximum atomic E-state index is 12.6. The van der Waals surface area contributed by atoms with Crippen molar-refractivity contribution in [2.75, 3.05) is 0 Å². The van der Waals surface area contributed by atoms with Crippen LogP contribution in [0.25, 0.3) is 0 Å². The molecular formula is C8H5F2O. The van der Waals surface area contributed by atoms with Crippen LogP contribution in [0.15, 0.2) is 18.2 Å². The lowest BCUT2D eigenvalue weighted by Crippen LogP contribution is -1.97. The topological polar surface area (TPSA) is 17.1 Å². The summed E-state index contributed by atoms with van der Waals surface area (Å²) in [6, 6.07) is 2.74. The van der Waals surface area contributed by atoms with E-state index in [1.807, 2.05) is 0 Å². The van der Waals surface area contributed by atoms with Crippen LogP contribution in [0, 0.1) is 18.6 Å². The van der Waals surface area contributed by atoms with Gasteiger partial charge in [-0.05, 0) is 12.1 Å². The molecule has 0 fully saturated rings. The van der Waals surface area contributed by atoms with Gasteiger partial charge in [0, 0.05) is 13.0 Å². The third kappa shape index (κ3) is 1.61. The van der Waals surface area contributed by atoms with E-state index in [0.29, 0.717) is 6.07 Å². The van der Waals surface area contributed by atoms with Crippen LogP contribution < -0.4 is 0 Å². The molecule has 11 heavy (non-hydrogen) atoms. The molecule has 0 saturated heterocycles. The van der Waals surface area contributed by atoms with Gasteiger partial charge in [0.25, 0.3) is 0 Å². The molecule has 0 heterocycles. The van der Waals surface area contributed by atoms with E-state index in [0.717, 1.165) is 12.1 Å². The lowest BCUT2D eigenvalue weighted by Gasteiger charge is -1.96. The van der Waals surface area contributed by atoms with E-state index < -0.39 is 17.4 Å². The molecule has 0 amide bonds. The molecule has 0 saturated carbocycles. The quantitative estimate of drug-likeness (QED) is 0.567. The summed E-state index contributed by atoms with van der Waals surface area (Å²) in [5.41, 5.74) is -0.189. The van der Waals surface area contributed by atoms with Crippen LogP contribution in [0.4, 0.5) is 8.78 Å². The number of carbonyl (C=O) groups is 1. The molecule has 0 aliphatic heterocycles. The maximum Gasteiger partial charge on any atom is 0.166 e. The van der Waals surface area contributed by atoms with Crippen molar-refractivity contribution >= 4 is 5.78 Å². The Kier molecular flexibility index (Phi) is 1.98. The van der Waals surface area contributed by atoms with E-state index in [2.05, 4.69) is 6.92 Å². The highest BCUT2D eigenvalue weighted by molar-refractivity contribution is 5.99. The van der Waals surface area contributed by atoms with Crippen LogP contribution >= 0.6 is 0 Å². The first kappa shape index (κ1) is 7.85. The maximum absolute atomic E-state index is 12.6. The molecule has 0 bridgehead atoms. The van der Waals surface area contributed by atoms with E-state index in [1.165, 1.54) is 0 Å². The number of halogens is 2. The fourth-order valence-electron chi connectivity index (χ4n) is 0.716. The normalized spacial score (nSPS) is 9.73. The van der Waals surface area contributed by atoms with E-state index in [1.54, 1.807) is 0 Å². The molecule has 1 radical (unpaired) electrons. The van der Waals surface area contributed by atoms with Gasteiger partial charge < -0.3 is 0 Å². The van der Waals surface area contributed by atoms with Crippen molar-refractivity contribution in [1.29, 1.82) is 0 Å². The Balaban J connectivity index is 3.20. The van der Waals surface area contributed by atoms with Crippen molar-refractivity contribution in [3.8, 4) is 0 Å². The molecular weight excluding hydrogens is 150 g/mol. The molecule has 1 nitrogen and oxygen atoms in total. The smallest absolute Gasteiger partial charge is 0.166 e. The molecule has 57 valence electrons. The van der Waals surface area contributed by atoms with Crippen LogP contribution in [-0.4, -0.2) is 5.78 Å². The molecule has 0 N–H and O–H groups in total. The first-order valence-electron chi connectivity index (χ1n) is 2.92. The molecule has 0 atom stereocenters. The molecule has 1 rings (SSSR count). The zero-order valence-corrected chi connectivity index (χ0v) is 5.60. The van der Waals surface area contributed by atoms with Crippen molar-refractivity contribution in [3.63, 3.8) is 0 Å². The molecule has 0 aliphatic rings. The summed E-state index contributed by atoms with van der Waals surface area (Å²) in [5, 5.41) is 0. The van der Waals surface area contributed by atoms with Crippen LogP contribution in [0.5, 0.6) is 0 Å². The average Bonchev–Trinajstić information content (AvgIpc) is 1.85. The second kappa shape index (κ2) is 2.78. The van der Waals surface area contributed by atoms with Gasteiger partial charge in [-0.3, -0.25) is 4.79 Å². The molecule has 0 unspecified atom stereocenters. The van der Waals surface area contributed by atoms with Gasteiger partial charge in [0.05, 0.1) is 5.56 Å². The van der Waals surface area contributed by atoms with Crippen LogP contribution in [0.2, 0.25) is 0 Å². The summed E-state index contributed by atoms with van der Waals surface area (Å²) in [7, 11) is 0. The van der Waals surface area contributed by atoms with Gasteiger partial charge in [-0.15, -0.1) is 0 Å². The van der Waals surface area contributed by atoms with Gasteiger partial charge in [-0.1, -0.05) is 0 Å². The minimum absolute atomic E-state index is 0.189. The summed E-state index contributed by atoms with van der Waals surface area (Å²) in [6.07, 6.45) is 0. The van der Waals surface area contributed by atoms with Gasteiger partial charge in [0.15, 0.2) is 5.78 Å². The number of hydrogen-bond donors (Lipinski definition) is 0. The number of carbonyl (C=O) groups excluding carboxylic acids is 1. The molecule has 3 heteroatoms. The predicted molar refractivity (Wildman–Crippen MR) is 36.0 cm³/mol. The van der Waals surface area contributed by atoms with E-state index in [-0.39, 0.29) is 5.56 Å². The Morgan fingerprint density at radius 2 is 2.00 bits per heavy atom. The number of ketones is 1. The van der Waals surface area contributed by atoms with Gasteiger partial charge in [-0.2, -0.15) is 0 Å². The summed E-state index contributed by atoms with van der Waals surface area (Å²) >= 11 is 0. The van der Waals surface area contributed by atoms with Crippen molar-refractivity contribution in [3.05, 3.63) is 42.3 Å². The van der Waals surface area contributed by atoms with Crippen LogP contribution in [-0.2, 0) is 0 Å². The molecule has 1 aromatic carbocycles. The molecule has 0 aromatic heterocycles. The Morgan fingerprint density at radius 3 is 2.45 bits per heavy atom. The lowest BCUT2D eigenvalue weighted by molar-refractivity contribution is 0.104. The Hall–Kier alpha value is -1.25. The predicted octanol–water partition coefficient (Wildman–Crippen LogP) is 1.98. The highest BCUT2D eigenvalue weighted by Crippen LogP contribution is 2.09. The minimum atomic E-state index is -0.870. The van der Waals surface area contributed by atoms with Gasteiger partial charge >= 0.3 is 0 Å². The zero-order valence-electron chi connectivity index (χ0n) is 5.60. The summed E-state index contributed by atoms with van der Waals surface area (Å²) in [5.74, 6) is -2.22. The minimum Gasteiger partial charge on any atom is -0.294 e. The van der Waals surface area contributed by atoms with Crippen molar-refractivity contribution in [2.24, 2.45) is 0 Å². The zero-order chi connectivity index (χ0) is 8.43. The van der Waals surface area contributed by atoms with E-state index >= 15 is 0 Å². The van der Waals surface area contributed by atoms with Gasteiger partial charge in [0.1, 0.15) is 11.6 Å². The van der Waals surface area contributed by atoms with Crippen molar-refractivity contribution in [1.82, 2.24) is 0 Å². The SMILES string of the molecule is [CH2]C(=O)c1ccc(F)cc1F. The monoisotopic (exact) mass is 155 g/mol. The van der Waals surface area contributed by atoms with Crippen LogP contribution in [0.3, 0.4) is 0 Å². The number of hydrogen-bond acceptors (Lipinski definition) is 1. The number of Topliss-reactive ketones (excluding diaryl/α,β-unsaturated/α-hetero) is 1.